The number of halogens is 1. The number of rotatable bonds is 0. The van der Waals surface area contributed by atoms with Crippen molar-refractivity contribution in [3.05, 3.63) is 24.3 Å². The maximum atomic E-state index is 4.59. The highest BCUT2D eigenvalue weighted by atomic mass is 35.5. The van der Waals surface area contributed by atoms with Crippen LogP contribution >= 0.6 is 12.4 Å². The highest BCUT2D eigenvalue weighted by Crippen LogP contribution is 2.31. The second kappa shape index (κ2) is 4.23. The van der Waals surface area contributed by atoms with Crippen LogP contribution in [0.3, 0.4) is 0 Å². The van der Waals surface area contributed by atoms with Gasteiger partial charge in [-0.05, 0) is 32.9 Å². The minimum Gasteiger partial charge on any atom is -0.378 e. The van der Waals surface area contributed by atoms with E-state index >= 15 is 0 Å². The number of nitrogens with zero attached hydrogens (tertiary/aromatic N) is 1. The van der Waals surface area contributed by atoms with Crippen molar-refractivity contribution in [1.82, 2.24) is 0 Å². The van der Waals surface area contributed by atoms with Gasteiger partial charge < -0.3 is 5.32 Å². The number of fused-ring (bicyclic) bond motifs is 1. The quantitative estimate of drug-likeness (QED) is 0.713. The Morgan fingerprint density at radius 1 is 1.27 bits per heavy atom. The number of benzene rings is 1. The fraction of sp³-hybridized carbons (Fsp3) is 0.417. The third-order valence-electron chi connectivity index (χ3n) is 2.39. The molecule has 82 valence electrons. The normalized spacial score (nSPS) is 17.7. The lowest BCUT2D eigenvalue weighted by atomic mass is 9.98. The van der Waals surface area contributed by atoms with Crippen molar-refractivity contribution < 1.29 is 0 Å². The molecule has 2 nitrogen and oxygen atoms in total. The summed E-state index contributed by atoms with van der Waals surface area (Å²) in [6, 6.07) is 8.19. The molecule has 2 rings (SSSR count). The third-order valence-corrected chi connectivity index (χ3v) is 2.39. The number of aliphatic imine (C=N–C) groups is 1. The van der Waals surface area contributed by atoms with Gasteiger partial charge in [0.2, 0.25) is 0 Å². The molecule has 1 heterocycles. The number of para-hydroxylation sites is 2. The maximum absolute atomic E-state index is 4.59. The van der Waals surface area contributed by atoms with Crippen molar-refractivity contribution in [3.63, 3.8) is 0 Å². The van der Waals surface area contributed by atoms with Crippen LogP contribution < -0.4 is 5.32 Å². The van der Waals surface area contributed by atoms with Gasteiger partial charge in [-0.1, -0.05) is 12.1 Å². The highest BCUT2D eigenvalue weighted by molar-refractivity contribution is 5.89. The summed E-state index contributed by atoms with van der Waals surface area (Å²) in [6.45, 7) is 6.49. The second-order valence-electron chi connectivity index (χ2n) is 4.55. The van der Waals surface area contributed by atoms with Crippen molar-refractivity contribution in [3.8, 4) is 0 Å². The molecule has 1 aliphatic rings. The van der Waals surface area contributed by atoms with Crippen LogP contribution in [0.15, 0.2) is 29.3 Å². The molecular formula is C12H17ClN2. The lowest BCUT2D eigenvalue weighted by molar-refractivity contribution is 0.595. The van der Waals surface area contributed by atoms with Crippen LogP contribution in [0.2, 0.25) is 0 Å². The zero-order chi connectivity index (χ0) is 10.2. The lowest BCUT2D eigenvalue weighted by Gasteiger charge is -2.25. The summed E-state index contributed by atoms with van der Waals surface area (Å²) in [6.07, 6.45) is 0.988. The van der Waals surface area contributed by atoms with E-state index in [1.807, 2.05) is 18.2 Å². The largest absolute Gasteiger partial charge is 0.378 e. The fourth-order valence-corrected chi connectivity index (χ4v) is 1.97. The van der Waals surface area contributed by atoms with Crippen LogP contribution in [-0.4, -0.2) is 11.3 Å². The van der Waals surface area contributed by atoms with Crippen molar-refractivity contribution in [2.45, 2.75) is 32.7 Å². The molecule has 1 aromatic rings. The molecule has 1 aromatic carbocycles. The first kappa shape index (κ1) is 12.1. The summed E-state index contributed by atoms with van der Waals surface area (Å²) in [5.74, 6) is 0. The second-order valence-corrected chi connectivity index (χ2v) is 4.55. The Bertz CT molecular complexity index is 383. The van der Waals surface area contributed by atoms with Crippen molar-refractivity contribution >= 4 is 29.5 Å². The molecule has 0 amide bonds. The number of anilines is 1. The monoisotopic (exact) mass is 224 g/mol. The van der Waals surface area contributed by atoms with Crippen LogP contribution in [0.25, 0.3) is 0 Å². The smallest absolute Gasteiger partial charge is 0.0860 e. The predicted molar refractivity (Wildman–Crippen MR) is 68.8 cm³/mol. The lowest BCUT2D eigenvalue weighted by Crippen LogP contribution is -2.31. The maximum Gasteiger partial charge on any atom is 0.0860 e. The molecule has 0 radical (unpaired) electrons. The van der Waals surface area contributed by atoms with Crippen LogP contribution in [0, 0.1) is 0 Å². The minimum atomic E-state index is 0. The Kier molecular flexibility index (Phi) is 3.40. The Labute approximate surface area is 97.2 Å². The van der Waals surface area contributed by atoms with E-state index in [2.05, 4.69) is 37.1 Å². The van der Waals surface area contributed by atoms with Gasteiger partial charge in [-0.25, -0.2) is 0 Å². The van der Waals surface area contributed by atoms with Crippen LogP contribution in [0.5, 0.6) is 0 Å². The molecule has 0 spiro atoms. The average molecular weight is 225 g/mol. The SMILES string of the molecule is CC1=Nc2ccccc2NC(C)(C)C1.Cl. The van der Waals surface area contributed by atoms with E-state index in [-0.39, 0.29) is 17.9 Å². The van der Waals surface area contributed by atoms with E-state index in [9.17, 15) is 0 Å². The first-order valence-corrected chi connectivity index (χ1v) is 4.98. The van der Waals surface area contributed by atoms with Gasteiger partial charge in [0.1, 0.15) is 0 Å². The van der Waals surface area contributed by atoms with Gasteiger partial charge >= 0.3 is 0 Å². The Hall–Kier alpha value is -1.02. The highest BCUT2D eigenvalue weighted by Gasteiger charge is 2.22. The molecule has 0 aromatic heterocycles. The summed E-state index contributed by atoms with van der Waals surface area (Å²) < 4.78 is 0. The van der Waals surface area contributed by atoms with Gasteiger partial charge in [0.15, 0.2) is 0 Å². The Balaban J connectivity index is 0.00000112. The molecule has 1 N–H and O–H groups in total. The van der Waals surface area contributed by atoms with E-state index in [1.165, 1.54) is 5.71 Å². The van der Waals surface area contributed by atoms with Gasteiger partial charge in [-0.3, -0.25) is 4.99 Å². The van der Waals surface area contributed by atoms with E-state index in [1.54, 1.807) is 0 Å². The number of hydrogen-bond donors (Lipinski definition) is 1. The van der Waals surface area contributed by atoms with Crippen molar-refractivity contribution in [2.75, 3.05) is 5.32 Å². The molecule has 0 unspecified atom stereocenters. The summed E-state index contributed by atoms with van der Waals surface area (Å²) >= 11 is 0. The zero-order valence-corrected chi connectivity index (χ0v) is 10.2. The summed E-state index contributed by atoms with van der Waals surface area (Å²) in [5, 5.41) is 3.51. The van der Waals surface area contributed by atoms with E-state index < -0.39 is 0 Å². The first-order chi connectivity index (χ1) is 6.57. The zero-order valence-electron chi connectivity index (χ0n) is 9.37. The molecule has 0 saturated heterocycles. The van der Waals surface area contributed by atoms with E-state index in [0.717, 1.165) is 17.8 Å². The van der Waals surface area contributed by atoms with Gasteiger partial charge in [0.05, 0.1) is 11.4 Å². The fourth-order valence-electron chi connectivity index (χ4n) is 1.97. The first-order valence-electron chi connectivity index (χ1n) is 4.98. The molecule has 0 aliphatic carbocycles. The molecule has 0 bridgehead atoms. The summed E-state index contributed by atoms with van der Waals surface area (Å²) in [5.41, 5.74) is 3.47. The Morgan fingerprint density at radius 2 is 1.93 bits per heavy atom. The van der Waals surface area contributed by atoms with Crippen molar-refractivity contribution in [2.24, 2.45) is 4.99 Å². The summed E-state index contributed by atoms with van der Waals surface area (Å²) in [4.78, 5) is 4.59. The molecule has 3 heteroatoms. The topological polar surface area (TPSA) is 24.4 Å². The minimum absolute atomic E-state index is 0. The summed E-state index contributed by atoms with van der Waals surface area (Å²) in [7, 11) is 0. The van der Waals surface area contributed by atoms with Crippen LogP contribution in [0.1, 0.15) is 27.2 Å². The predicted octanol–water partition coefficient (Wildman–Crippen LogP) is 3.80. The molecule has 0 fully saturated rings. The molecule has 1 aliphatic heterocycles. The van der Waals surface area contributed by atoms with E-state index in [4.69, 9.17) is 0 Å². The van der Waals surface area contributed by atoms with Gasteiger partial charge in [-0.2, -0.15) is 0 Å². The molecule has 0 saturated carbocycles. The third kappa shape index (κ3) is 2.72. The van der Waals surface area contributed by atoms with Crippen LogP contribution in [0.4, 0.5) is 11.4 Å². The molecule has 15 heavy (non-hydrogen) atoms. The van der Waals surface area contributed by atoms with Crippen molar-refractivity contribution in [1.29, 1.82) is 0 Å². The standard InChI is InChI=1S/C12H16N2.ClH/c1-9-8-12(2,3)14-11-7-5-4-6-10(11)13-9;/h4-7,14H,8H2,1-3H3;1H. The van der Waals surface area contributed by atoms with Gasteiger partial charge in [-0.15, -0.1) is 12.4 Å². The average Bonchev–Trinajstić information content (AvgIpc) is 2.16. The number of hydrogen-bond acceptors (Lipinski definition) is 2. The molecule has 0 atom stereocenters. The van der Waals surface area contributed by atoms with Gasteiger partial charge in [0.25, 0.3) is 0 Å². The molecular weight excluding hydrogens is 208 g/mol. The van der Waals surface area contributed by atoms with Gasteiger partial charge in [0, 0.05) is 17.7 Å². The Morgan fingerprint density at radius 3 is 2.67 bits per heavy atom. The van der Waals surface area contributed by atoms with Crippen LogP contribution in [-0.2, 0) is 0 Å². The number of nitrogens with one attached hydrogen (secondary N) is 1. The van der Waals surface area contributed by atoms with E-state index in [0.29, 0.717) is 0 Å².